The fraction of sp³-hybridized carbons (Fsp3) is 0.316. The Kier molecular flexibility index (Phi) is 4.02. The van der Waals surface area contributed by atoms with Gasteiger partial charge in [0.25, 0.3) is 0 Å². The Morgan fingerprint density at radius 3 is 2.75 bits per heavy atom. The summed E-state index contributed by atoms with van der Waals surface area (Å²) in [6.07, 6.45) is 1.10. The molecule has 1 aliphatic heterocycles. The molecular weight excluding hydrogens is 320 g/mol. The van der Waals surface area contributed by atoms with Gasteiger partial charge in [0, 0.05) is 24.6 Å². The van der Waals surface area contributed by atoms with Crippen molar-refractivity contribution in [1.29, 1.82) is 0 Å². The molecule has 0 saturated carbocycles. The number of benzene rings is 2. The number of hydrogen-bond acceptors (Lipinski definition) is 5. The maximum absolute atomic E-state index is 5.61. The minimum Gasteiger partial charge on any atom is -0.493 e. The monoisotopic (exact) mass is 340 g/mol. The number of rotatable bonds is 4. The highest BCUT2D eigenvalue weighted by atomic mass is 32.1. The molecule has 4 nitrogen and oxygen atoms in total. The summed E-state index contributed by atoms with van der Waals surface area (Å²) in [5, 5.41) is 1.11. The quantitative estimate of drug-likeness (QED) is 0.709. The standard InChI is InChI=1S/C19H20N2O2S/c1-22-16-8-5-6-14(18(16)23-2)13-10-11-21(12-13)19-20-15-7-3-4-9-17(15)24-19/h3-9,13H,10-12H2,1-2H3. The molecule has 0 spiro atoms. The Balaban J connectivity index is 1.60. The van der Waals surface area contributed by atoms with E-state index in [2.05, 4.69) is 29.2 Å². The van der Waals surface area contributed by atoms with Crippen LogP contribution in [-0.4, -0.2) is 32.3 Å². The highest BCUT2D eigenvalue weighted by molar-refractivity contribution is 7.22. The summed E-state index contributed by atoms with van der Waals surface area (Å²) < 4.78 is 12.3. The smallest absolute Gasteiger partial charge is 0.186 e. The first-order chi connectivity index (χ1) is 11.8. The maximum Gasteiger partial charge on any atom is 0.186 e. The molecule has 2 heterocycles. The number of nitrogens with zero attached hydrogens (tertiary/aromatic N) is 2. The Hall–Kier alpha value is -2.27. The van der Waals surface area contributed by atoms with Gasteiger partial charge in [0.05, 0.1) is 24.4 Å². The molecule has 1 atom stereocenters. The molecular formula is C19H20N2O2S. The number of methoxy groups -OCH3 is 2. The van der Waals surface area contributed by atoms with Gasteiger partial charge >= 0.3 is 0 Å². The van der Waals surface area contributed by atoms with Crippen LogP contribution in [0.25, 0.3) is 10.2 Å². The Bertz CT molecular complexity index is 828. The average molecular weight is 340 g/mol. The third-order valence-corrected chi connectivity index (χ3v) is 5.71. The van der Waals surface area contributed by atoms with Crippen LogP contribution in [0.1, 0.15) is 17.9 Å². The van der Waals surface area contributed by atoms with E-state index >= 15 is 0 Å². The molecule has 1 saturated heterocycles. The minimum absolute atomic E-state index is 0.432. The van der Waals surface area contributed by atoms with Gasteiger partial charge < -0.3 is 14.4 Å². The normalized spacial score (nSPS) is 17.4. The van der Waals surface area contributed by atoms with Crippen molar-refractivity contribution in [2.24, 2.45) is 0 Å². The van der Waals surface area contributed by atoms with E-state index in [0.717, 1.165) is 41.7 Å². The van der Waals surface area contributed by atoms with Crippen molar-refractivity contribution in [3.63, 3.8) is 0 Å². The van der Waals surface area contributed by atoms with E-state index < -0.39 is 0 Å². The fourth-order valence-corrected chi connectivity index (χ4v) is 4.42. The van der Waals surface area contributed by atoms with E-state index in [1.165, 1.54) is 10.3 Å². The van der Waals surface area contributed by atoms with Crippen LogP contribution in [0, 0.1) is 0 Å². The third-order valence-electron chi connectivity index (χ3n) is 4.61. The van der Waals surface area contributed by atoms with Crippen LogP contribution in [0.4, 0.5) is 5.13 Å². The lowest BCUT2D eigenvalue weighted by molar-refractivity contribution is 0.350. The molecule has 24 heavy (non-hydrogen) atoms. The predicted octanol–water partition coefficient (Wildman–Crippen LogP) is 4.31. The van der Waals surface area contributed by atoms with Gasteiger partial charge in [-0.3, -0.25) is 0 Å². The lowest BCUT2D eigenvalue weighted by atomic mass is 9.97. The summed E-state index contributed by atoms with van der Waals surface area (Å²) in [6.45, 7) is 1.98. The first-order valence-electron chi connectivity index (χ1n) is 8.11. The van der Waals surface area contributed by atoms with Crippen LogP contribution in [-0.2, 0) is 0 Å². The zero-order valence-electron chi connectivity index (χ0n) is 13.9. The second-order valence-electron chi connectivity index (χ2n) is 5.98. The summed E-state index contributed by atoms with van der Waals surface area (Å²) in [5.41, 5.74) is 2.31. The molecule has 2 aromatic carbocycles. The first kappa shape index (κ1) is 15.3. The molecule has 124 valence electrons. The van der Waals surface area contributed by atoms with Crippen molar-refractivity contribution in [1.82, 2.24) is 4.98 Å². The molecule has 1 fully saturated rings. The van der Waals surface area contributed by atoms with Gasteiger partial charge in [-0.1, -0.05) is 35.6 Å². The largest absolute Gasteiger partial charge is 0.493 e. The second-order valence-corrected chi connectivity index (χ2v) is 6.99. The van der Waals surface area contributed by atoms with Crippen molar-refractivity contribution in [3.05, 3.63) is 48.0 Å². The SMILES string of the molecule is COc1cccc(C2CCN(c3nc4ccccc4s3)C2)c1OC. The molecule has 0 radical (unpaired) electrons. The lowest BCUT2D eigenvalue weighted by Crippen LogP contribution is -2.19. The topological polar surface area (TPSA) is 34.6 Å². The zero-order valence-corrected chi connectivity index (χ0v) is 14.7. The summed E-state index contributed by atoms with van der Waals surface area (Å²) in [5.74, 6) is 2.09. The van der Waals surface area contributed by atoms with Crippen LogP contribution >= 0.6 is 11.3 Å². The summed E-state index contributed by atoms with van der Waals surface area (Å²) in [6, 6.07) is 14.5. The highest BCUT2D eigenvalue weighted by Gasteiger charge is 2.29. The van der Waals surface area contributed by atoms with E-state index in [4.69, 9.17) is 14.5 Å². The van der Waals surface area contributed by atoms with Crippen LogP contribution in [0.5, 0.6) is 11.5 Å². The third kappa shape index (κ3) is 2.59. The van der Waals surface area contributed by atoms with Gasteiger partial charge in [-0.15, -0.1) is 0 Å². The van der Waals surface area contributed by atoms with Gasteiger partial charge in [0.15, 0.2) is 16.6 Å². The first-order valence-corrected chi connectivity index (χ1v) is 8.93. The van der Waals surface area contributed by atoms with Crippen molar-refractivity contribution in [2.75, 3.05) is 32.2 Å². The molecule has 4 rings (SSSR count). The van der Waals surface area contributed by atoms with Gasteiger partial charge in [0.1, 0.15) is 0 Å². The number of ether oxygens (including phenoxy) is 2. The minimum atomic E-state index is 0.432. The number of aromatic nitrogens is 1. The van der Waals surface area contributed by atoms with Crippen molar-refractivity contribution in [2.45, 2.75) is 12.3 Å². The van der Waals surface area contributed by atoms with Gasteiger partial charge in [-0.2, -0.15) is 0 Å². The van der Waals surface area contributed by atoms with Gasteiger partial charge in [0.2, 0.25) is 0 Å². The maximum atomic E-state index is 5.61. The van der Waals surface area contributed by atoms with E-state index in [-0.39, 0.29) is 0 Å². The molecule has 1 aromatic heterocycles. The molecule has 0 bridgehead atoms. The summed E-state index contributed by atoms with van der Waals surface area (Å²) in [7, 11) is 3.39. The number of thiazole rings is 1. The Morgan fingerprint density at radius 2 is 1.96 bits per heavy atom. The Morgan fingerprint density at radius 1 is 1.08 bits per heavy atom. The fourth-order valence-electron chi connectivity index (χ4n) is 3.42. The van der Waals surface area contributed by atoms with Gasteiger partial charge in [-0.05, 0) is 24.6 Å². The van der Waals surface area contributed by atoms with Crippen molar-refractivity contribution in [3.8, 4) is 11.5 Å². The Labute approximate surface area is 145 Å². The number of hydrogen-bond donors (Lipinski definition) is 0. The average Bonchev–Trinajstić information content (AvgIpc) is 3.27. The van der Waals surface area contributed by atoms with E-state index in [0.29, 0.717) is 5.92 Å². The molecule has 1 unspecified atom stereocenters. The van der Waals surface area contributed by atoms with E-state index in [1.54, 1.807) is 25.6 Å². The number of anilines is 1. The highest BCUT2D eigenvalue weighted by Crippen LogP contribution is 2.41. The molecule has 3 aromatic rings. The number of para-hydroxylation sites is 2. The number of fused-ring (bicyclic) bond motifs is 1. The zero-order chi connectivity index (χ0) is 16.5. The molecule has 5 heteroatoms. The molecule has 0 amide bonds. The summed E-state index contributed by atoms with van der Waals surface area (Å²) >= 11 is 1.77. The lowest BCUT2D eigenvalue weighted by Gasteiger charge is -2.18. The van der Waals surface area contributed by atoms with E-state index in [1.807, 2.05) is 18.2 Å². The van der Waals surface area contributed by atoms with Crippen LogP contribution in [0.2, 0.25) is 0 Å². The predicted molar refractivity (Wildman–Crippen MR) is 98.7 cm³/mol. The molecule has 0 aliphatic carbocycles. The van der Waals surface area contributed by atoms with E-state index in [9.17, 15) is 0 Å². The van der Waals surface area contributed by atoms with Crippen molar-refractivity contribution < 1.29 is 9.47 Å². The van der Waals surface area contributed by atoms with Crippen LogP contribution in [0.15, 0.2) is 42.5 Å². The second kappa shape index (κ2) is 6.32. The molecule has 1 aliphatic rings. The van der Waals surface area contributed by atoms with Crippen LogP contribution in [0.3, 0.4) is 0 Å². The summed E-state index contributed by atoms with van der Waals surface area (Å²) in [4.78, 5) is 7.17. The van der Waals surface area contributed by atoms with Gasteiger partial charge in [-0.25, -0.2) is 4.98 Å². The molecule has 0 N–H and O–H groups in total. The van der Waals surface area contributed by atoms with Crippen LogP contribution < -0.4 is 14.4 Å². The van der Waals surface area contributed by atoms with Crippen molar-refractivity contribution >= 4 is 26.7 Å².